The molecule has 106 valence electrons. The fourth-order valence-electron chi connectivity index (χ4n) is 1.83. The van der Waals surface area contributed by atoms with Crippen molar-refractivity contribution in [3.8, 4) is 11.5 Å². The minimum absolute atomic E-state index is 0.238. The van der Waals surface area contributed by atoms with Gasteiger partial charge in [0, 0.05) is 19.5 Å². The van der Waals surface area contributed by atoms with Crippen molar-refractivity contribution in [3.05, 3.63) is 22.2 Å². The van der Waals surface area contributed by atoms with Crippen molar-refractivity contribution in [1.82, 2.24) is 5.32 Å². The number of benzene rings is 1. The number of hydrogen-bond donors (Lipinski definition) is 3. The van der Waals surface area contributed by atoms with E-state index in [1.807, 2.05) is 12.1 Å². The van der Waals surface area contributed by atoms with Crippen molar-refractivity contribution in [2.24, 2.45) is 0 Å². The Morgan fingerprint density at radius 1 is 1.32 bits per heavy atom. The molecule has 19 heavy (non-hydrogen) atoms. The lowest BCUT2D eigenvalue weighted by Gasteiger charge is -2.13. The van der Waals surface area contributed by atoms with Crippen LogP contribution in [0, 0.1) is 0 Å². The van der Waals surface area contributed by atoms with E-state index in [1.165, 1.54) is 0 Å². The fraction of sp³-hybridized carbons (Fsp3) is 0.538. The lowest BCUT2D eigenvalue weighted by molar-refractivity contribution is 0.0942. The number of rotatable bonds is 5. The van der Waals surface area contributed by atoms with Gasteiger partial charge in [-0.1, -0.05) is 0 Å². The maximum absolute atomic E-state index is 9.25. The van der Waals surface area contributed by atoms with Gasteiger partial charge < -0.3 is 25.0 Å². The van der Waals surface area contributed by atoms with E-state index in [0.717, 1.165) is 28.0 Å². The van der Waals surface area contributed by atoms with Crippen molar-refractivity contribution in [2.45, 2.75) is 19.1 Å². The average Bonchev–Trinajstić information content (AvgIpc) is 2.64. The van der Waals surface area contributed by atoms with E-state index in [-0.39, 0.29) is 6.61 Å². The van der Waals surface area contributed by atoms with Crippen molar-refractivity contribution >= 4 is 15.9 Å². The van der Waals surface area contributed by atoms with Gasteiger partial charge in [0.15, 0.2) is 11.5 Å². The minimum atomic E-state index is -0.733. The first-order valence-electron chi connectivity index (χ1n) is 6.28. The highest BCUT2D eigenvalue weighted by Crippen LogP contribution is 2.38. The topological polar surface area (TPSA) is 71.0 Å². The quantitative estimate of drug-likeness (QED) is 0.752. The van der Waals surface area contributed by atoms with Gasteiger partial charge in [0.05, 0.1) is 30.4 Å². The molecule has 0 bridgehead atoms. The second-order valence-corrected chi connectivity index (χ2v) is 5.28. The molecule has 1 aliphatic rings. The average molecular weight is 332 g/mol. The first-order chi connectivity index (χ1) is 9.20. The summed E-state index contributed by atoms with van der Waals surface area (Å²) in [6.07, 6.45) is 0.140. The van der Waals surface area contributed by atoms with Gasteiger partial charge in [0.2, 0.25) is 0 Å². The molecule has 5 nitrogen and oxygen atoms in total. The van der Waals surface area contributed by atoms with Crippen LogP contribution in [0.4, 0.5) is 0 Å². The highest BCUT2D eigenvalue weighted by molar-refractivity contribution is 9.10. The summed E-state index contributed by atoms with van der Waals surface area (Å²) in [7, 11) is 0. The Hall–Kier alpha value is -0.820. The van der Waals surface area contributed by atoms with Gasteiger partial charge in [0.1, 0.15) is 0 Å². The van der Waals surface area contributed by atoms with Crippen molar-refractivity contribution in [1.29, 1.82) is 0 Å². The van der Waals surface area contributed by atoms with E-state index < -0.39 is 6.10 Å². The molecule has 6 heteroatoms. The van der Waals surface area contributed by atoms with E-state index in [4.69, 9.17) is 14.6 Å². The highest BCUT2D eigenvalue weighted by atomic mass is 79.9. The number of aliphatic hydroxyl groups excluding tert-OH is 2. The van der Waals surface area contributed by atoms with Crippen LogP contribution in [0.15, 0.2) is 16.6 Å². The Labute approximate surface area is 120 Å². The Bertz CT molecular complexity index is 427. The minimum Gasteiger partial charge on any atom is -0.490 e. The van der Waals surface area contributed by atoms with Crippen LogP contribution < -0.4 is 14.8 Å². The maximum Gasteiger partial charge on any atom is 0.175 e. The first kappa shape index (κ1) is 14.6. The molecular formula is C13H18BrNO4. The van der Waals surface area contributed by atoms with Crippen LogP contribution >= 0.6 is 15.9 Å². The molecule has 0 amide bonds. The number of aliphatic hydroxyl groups is 2. The highest BCUT2D eigenvalue weighted by Gasteiger charge is 2.15. The monoisotopic (exact) mass is 331 g/mol. The molecule has 1 heterocycles. The van der Waals surface area contributed by atoms with Crippen LogP contribution in [0.3, 0.4) is 0 Å². The molecular weight excluding hydrogens is 314 g/mol. The predicted molar refractivity (Wildman–Crippen MR) is 74.5 cm³/mol. The molecule has 0 saturated carbocycles. The second kappa shape index (κ2) is 7.09. The van der Waals surface area contributed by atoms with Gasteiger partial charge >= 0.3 is 0 Å². The predicted octanol–water partition coefficient (Wildman–Crippen LogP) is 1.05. The zero-order valence-corrected chi connectivity index (χ0v) is 12.1. The van der Waals surface area contributed by atoms with Crippen molar-refractivity contribution < 1.29 is 19.7 Å². The molecule has 0 aromatic heterocycles. The maximum atomic E-state index is 9.25. The summed E-state index contributed by atoms with van der Waals surface area (Å²) in [4.78, 5) is 0. The summed E-state index contributed by atoms with van der Waals surface area (Å²) in [6, 6.07) is 3.90. The first-order valence-corrected chi connectivity index (χ1v) is 7.07. The van der Waals surface area contributed by atoms with Gasteiger partial charge in [-0.3, -0.25) is 0 Å². The summed E-state index contributed by atoms with van der Waals surface area (Å²) in [5.74, 6) is 1.49. The molecule has 2 rings (SSSR count). The fourth-order valence-corrected chi connectivity index (χ4v) is 2.44. The van der Waals surface area contributed by atoms with Crippen LogP contribution in [0.1, 0.15) is 12.0 Å². The Morgan fingerprint density at radius 3 is 2.89 bits per heavy atom. The third-order valence-corrected chi connectivity index (χ3v) is 3.37. The number of fused-ring (bicyclic) bond motifs is 1. The largest absolute Gasteiger partial charge is 0.490 e. The normalized spacial score (nSPS) is 15.9. The Balaban J connectivity index is 2.02. The summed E-state index contributed by atoms with van der Waals surface area (Å²) < 4.78 is 12.1. The summed E-state index contributed by atoms with van der Waals surface area (Å²) >= 11 is 3.48. The molecule has 0 aliphatic carbocycles. The molecule has 1 unspecified atom stereocenters. The van der Waals surface area contributed by atoms with Crippen LogP contribution in [-0.4, -0.2) is 42.7 Å². The Kier molecular flexibility index (Phi) is 5.45. The third kappa shape index (κ3) is 4.07. The molecule has 0 radical (unpaired) electrons. The molecule has 0 saturated heterocycles. The Morgan fingerprint density at radius 2 is 2.11 bits per heavy atom. The molecule has 0 fully saturated rings. The van der Waals surface area contributed by atoms with E-state index >= 15 is 0 Å². The number of ether oxygens (including phenoxy) is 2. The molecule has 3 N–H and O–H groups in total. The standard InChI is InChI=1S/C13H18BrNO4/c14-11-4-9(6-15-7-10(17)8-16)5-12-13(11)19-3-1-2-18-12/h4-5,10,15-17H,1-3,6-8H2. The molecule has 0 spiro atoms. The van der Waals surface area contributed by atoms with Crippen LogP contribution in [0.25, 0.3) is 0 Å². The van der Waals surface area contributed by atoms with Crippen LogP contribution in [0.2, 0.25) is 0 Å². The smallest absolute Gasteiger partial charge is 0.175 e. The zero-order chi connectivity index (χ0) is 13.7. The number of nitrogens with one attached hydrogen (secondary N) is 1. The van der Waals surface area contributed by atoms with Crippen LogP contribution in [0.5, 0.6) is 11.5 Å². The molecule has 1 atom stereocenters. The molecule has 1 aromatic carbocycles. The van der Waals surface area contributed by atoms with Gasteiger partial charge in [-0.25, -0.2) is 0 Å². The van der Waals surface area contributed by atoms with E-state index in [0.29, 0.717) is 26.3 Å². The summed E-state index contributed by atoms with van der Waals surface area (Å²) in [6.45, 7) is 2.01. The van der Waals surface area contributed by atoms with E-state index in [9.17, 15) is 5.11 Å². The van der Waals surface area contributed by atoms with E-state index in [2.05, 4.69) is 21.2 Å². The van der Waals surface area contributed by atoms with E-state index in [1.54, 1.807) is 0 Å². The van der Waals surface area contributed by atoms with Crippen molar-refractivity contribution in [2.75, 3.05) is 26.4 Å². The second-order valence-electron chi connectivity index (χ2n) is 4.42. The van der Waals surface area contributed by atoms with Gasteiger partial charge in [-0.15, -0.1) is 0 Å². The van der Waals surface area contributed by atoms with Gasteiger partial charge in [-0.2, -0.15) is 0 Å². The van der Waals surface area contributed by atoms with Gasteiger partial charge in [-0.05, 0) is 33.6 Å². The molecule has 1 aromatic rings. The van der Waals surface area contributed by atoms with Crippen molar-refractivity contribution in [3.63, 3.8) is 0 Å². The zero-order valence-electron chi connectivity index (χ0n) is 10.6. The van der Waals surface area contributed by atoms with Crippen LogP contribution in [-0.2, 0) is 6.54 Å². The summed E-state index contributed by atoms with van der Waals surface area (Å²) in [5.41, 5.74) is 1.03. The SMILES string of the molecule is OCC(O)CNCc1cc(Br)c2c(c1)OCCCO2. The third-order valence-electron chi connectivity index (χ3n) is 2.78. The summed E-state index contributed by atoms with van der Waals surface area (Å²) in [5, 5.41) is 21.1. The lowest BCUT2D eigenvalue weighted by Crippen LogP contribution is -2.28. The number of halogens is 1. The number of hydrogen-bond acceptors (Lipinski definition) is 5. The molecule has 1 aliphatic heterocycles. The lowest BCUT2D eigenvalue weighted by atomic mass is 10.2. The van der Waals surface area contributed by atoms with Gasteiger partial charge in [0.25, 0.3) is 0 Å².